The van der Waals surface area contributed by atoms with Crippen molar-refractivity contribution in [3.05, 3.63) is 48.0 Å². The van der Waals surface area contributed by atoms with Crippen LogP contribution in [-0.2, 0) is 10.0 Å². The highest BCUT2D eigenvalue weighted by molar-refractivity contribution is 7.99. The van der Waals surface area contributed by atoms with Gasteiger partial charge in [0.2, 0.25) is 10.0 Å². The molecule has 1 unspecified atom stereocenters. The highest BCUT2D eigenvalue weighted by Crippen LogP contribution is 2.37. The third kappa shape index (κ3) is 2.99. The predicted molar refractivity (Wildman–Crippen MR) is 92.3 cm³/mol. The first-order chi connectivity index (χ1) is 11.6. The van der Waals surface area contributed by atoms with Crippen molar-refractivity contribution in [3.63, 3.8) is 0 Å². The van der Waals surface area contributed by atoms with Crippen LogP contribution in [0.3, 0.4) is 0 Å². The number of fused-ring (bicyclic) bond motifs is 2. The number of sulfonamides is 1. The van der Waals surface area contributed by atoms with Crippen molar-refractivity contribution in [1.82, 2.24) is 4.72 Å². The van der Waals surface area contributed by atoms with Crippen LogP contribution < -0.4 is 14.2 Å². The maximum atomic E-state index is 12.8. The van der Waals surface area contributed by atoms with Gasteiger partial charge < -0.3 is 9.47 Å². The van der Waals surface area contributed by atoms with Gasteiger partial charge in [-0.25, -0.2) is 13.1 Å². The zero-order valence-electron chi connectivity index (χ0n) is 12.9. The Morgan fingerprint density at radius 2 is 1.83 bits per heavy atom. The minimum atomic E-state index is -3.63. The van der Waals surface area contributed by atoms with Crippen LogP contribution in [0.2, 0.25) is 0 Å². The van der Waals surface area contributed by atoms with Gasteiger partial charge in [-0.05, 0) is 35.9 Å². The lowest BCUT2D eigenvalue weighted by molar-refractivity contribution is 0.171. The molecule has 7 heteroatoms. The first kappa shape index (κ1) is 15.8. The molecule has 2 aromatic carbocycles. The van der Waals surface area contributed by atoms with E-state index in [1.807, 2.05) is 24.3 Å². The Morgan fingerprint density at radius 1 is 1.04 bits per heavy atom. The van der Waals surface area contributed by atoms with Crippen molar-refractivity contribution in [1.29, 1.82) is 0 Å². The topological polar surface area (TPSA) is 64.6 Å². The summed E-state index contributed by atoms with van der Waals surface area (Å²) in [6.45, 7) is 0.908. The summed E-state index contributed by atoms with van der Waals surface area (Å²) in [5.41, 5.74) is 1.04. The summed E-state index contributed by atoms with van der Waals surface area (Å²) in [6, 6.07) is 12.5. The molecule has 0 aliphatic carbocycles. The SMILES string of the molecule is O=S(=O)(NC1CCSc2ccccc21)c1ccc2c(c1)OCCO2. The summed E-state index contributed by atoms with van der Waals surface area (Å²) in [5, 5.41) is 0. The highest BCUT2D eigenvalue weighted by atomic mass is 32.2. The van der Waals surface area contributed by atoms with Gasteiger partial charge in [0.05, 0.1) is 4.90 Å². The van der Waals surface area contributed by atoms with E-state index in [-0.39, 0.29) is 10.9 Å². The molecule has 24 heavy (non-hydrogen) atoms. The fourth-order valence-corrected chi connectivity index (χ4v) is 5.30. The number of rotatable bonds is 3. The molecule has 2 aliphatic rings. The van der Waals surface area contributed by atoms with Gasteiger partial charge in [0.15, 0.2) is 11.5 Å². The summed E-state index contributed by atoms with van der Waals surface area (Å²) in [6.07, 6.45) is 0.769. The Hall–Kier alpha value is -1.70. The number of benzene rings is 2. The molecule has 2 aromatic rings. The number of hydrogen-bond donors (Lipinski definition) is 1. The molecule has 0 aromatic heterocycles. The van der Waals surface area contributed by atoms with Gasteiger partial charge in [-0.3, -0.25) is 0 Å². The normalized spacial score (nSPS) is 19.6. The lowest BCUT2D eigenvalue weighted by Crippen LogP contribution is -2.30. The average molecular weight is 363 g/mol. The quantitative estimate of drug-likeness (QED) is 0.908. The summed E-state index contributed by atoms with van der Waals surface area (Å²) < 4.78 is 39.3. The van der Waals surface area contributed by atoms with Gasteiger partial charge in [-0.15, -0.1) is 11.8 Å². The van der Waals surface area contributed by atoms with Gasteiger partial charge in [0, 0.05) is 17.0 Å². The molecule has 0 bridgehead atoms. The lowest BCUT2D eigenvalue weighted by atomic mass is 10.1. The zero-order valence-corrected chi connectivity index (χ0v) is 14.5. The summed E-state index contributed by atoms with van der Waals surface area (Å²) in [5.74, 6) is 1.95. The Morgan fingerprint density at radius 3 is 2.71 bits per heavy atom. The molecule has 1 N–H and O–H groups in total. The summed E-state index contributed by atoms with van der Waals surface area (Å²) >= 11 is 1.76. The van der Waals surface area contributed by atoms with E-state index in [4.69, 9.17) is 9.47 Å². The van der Waals surface area contributed by atoms with Gasteiger partial charge in [0.25, 0.3) is 0 Å². The van der Waals surface area contributed by atoms with Crippen LogP contribution in [0.25, 0.3) is 0 Å². The third-order valence-corrected chi connectivity index (χ3v) is 6.67. The van der Waals surface area contributed by atoms with E-state index in [0.29, 0.717) is 24.7 Å². The standard InChI is InChI=1S/C17H17NO4S2/c19-24(20,12-5-6-15-16(11-12)22-9-8-21-15)18-14-7-10-23-17-4-2-1-3-13(14)17/h1-6,11,14,18H,7-10H2. The number of hydrogen-bond acceptors (Lipinski definition) is 5. The molecule has 0 amide bonds. The molecule has 1 atom stereocenters. The average Bonchev–Trinajstić information content (AvgIpc) is 2.61. The van der Waals surface area contributed by atoms with E-state index in [0.717, 1.165) is 22.6 Å². The third-order valence-electron chi connectivity index (χ3n) is 4.08. The molecule has 2 heterocycles. The maximum absolute atomic E-state index is 12.8. The lowest BCUT2D eigenvalue weighted by Gasteiger charge is -2.26. The van der Waals surface area contributed by atoms with Crippen molar-refractivity contribution in [3.8, 4) is 11.5 Å². The van der Waals surface area contributed by atoms with E-state index in [2.05, 4.69) is 4.72 Å². The fraction of sp³-hybridized carbons (Fsp3) is 0.294. The van der Waals surface area contributed by atoms with E-state index >= 15 is 0 Å². The van der Waals surface area contributed by atoms with Crippen LogP contribution in [0, 0.1) is 0 Å². The number of thioether (sulfide) groups is 1. The molecule has 0 spiro atoms. The molecule has 0 fully saturated rings. The predicted octanol–water partition coefficient (Wildman–Crippen LogP) is 2.97. The molecule has 126 valence electrons. The minimum Gasteiger partial charge on any atom is -0.486 e. The van der Waals surface area contributed by atoms with Crippen LogP contribution >= 0.6 is 11.8 Å². The fourth-order valence-electron chi connectivity index (χ4n) is 2.91. The van der Waals surface area contributed by atoms with E-state index < -0.39 is 10.0 Å². The van der Waals surface area contributed by atoms with E-state index in [1.165, 1.54) is 6.07 Å². The Kier molecular flexibility index (Phi) is 4.15. The van der Waals surface area contributed by atoms with Gasteiger partial charge >= 0.3 is 0 Å². The van der Waals surface area contributed by atoms with Crippen molar-refractivity contribution in [2.24, 2.45) is 0 Å². The smallest absolute Gasteiger partial charge is 0.241 e. The molecule has 0 saturated heterocycles. The van der Waals surface area contributed by atoms with Crippen molar-refractivity contribution in [2.45, 2.75) is 22.3 Å². The Bertz CT molecular complexity index is 867. The van der Waals surface area contributed by atoms with Crippen LogP contribution in [-0.4, -0.2) is 27.4 Å². The number of ether oxygens (including phenoxy) is 2. The van der Waals surface area contributed by atoms with Crippen LogP contribution in [0.5, 0.6) is 11.5 Å². The number of nitrogens with one attached hydrogen (secondary N) is 1. The molecular formula is C17H17NO4S2. The second kappa shape index (κ2) is 6.31. The second-order valence-corrected chi connectivity index (χ2v) is 8.51. The monoisotopic (exact) mass is 363 g/mol. The maximum Gasteiger partial charge on any atom is 0.241 e. The molecule has 4 rings (SSSR count). The van der Waals surface area contributed by atoms with Crippen molar-refractivity contribution >= 4 is 21.8 Å². The van der Waals surface area contributed by atoms with E-state index in [9.17, 15) is 8.42 Å². The molecule has 0 saturated carbocycles. The summed E-state index contributed by atoms with van der Waals surface area (Å²) in [7, 11) is -3.63. The van der Waals surface area contributed by atoms with Crippen LogP contribution in [0.4, 0.5) is 0 Å². The van der Waals surface area contributed by atoms with Crippen LogP contribution in [0.1, 0.15) is 18.0 Å². The van der Waals surface area contributed by atoms with Crippen molar-refractivity contribution < 1.29 is 17.9 Å². The molecule has 2 aliphatic heterocycles. The largest absolute Gasteiger partial charge is 0.486 e. The molecule has 0 radical (unpaired) electrons. The minimum absolute atomic E-state index is 0.197. The Labute approximate surface area is 145 Å². The second-order valence-electron chi connectivity index (χ2n) is 5.65. The molecular weight excluding hydrogens is 346 g/mol. The molecule has 5 nitrogen and oxygen atoms in total. The van der Waals surface area contributed by atoms with Gasteiger partial charge in [0.1, 0.15) is 13.2 Å². The first-order valence-corrected chi connectivity index (χ1v) is 10.2. The van der Waals surface area contributed by atoms with E-state index in [1.54, 1.807) is 23.9 Å². The summed E-state index contributed by atoms with van der Waals surface area (Å²) in [4.78, 5) is 1.33. The van der Waals surface area contributed by atoms with Gasteiger partial charge in [-0.1, -0.05) is 18.2 Å². The zero-order chi connectivity index (χ0) is 16.6. The van der Waals surface area contributed by atoms with Crippen LogP contribution in [0.15, 0.2) is 52.3 Å². The highest BCUT2D eigenvalue weighted by Gasteiger charge is 2.27. The first-order valence-electron chi connectivity index (χ1n) is 7.77. The van der Waals surface area contributed by atoms with Crippen molar-refractivity contribution in [2.75, 3.05) is 19.0 Å². The van der Waals surface area contributed by atoms with Gasteiger partial charge in [-0.2, -0.15) is 0 Å². The Balaban J connectivity index is 1.62.